The van der Waals surface area contributed by atoms with Crippen molar-refractivity contribution in [1.82, 2.24) is 4.90 Å². The number of likely N-dealkylation sites (tertiary alicyclic amines) is 1. The predicted octanol–water partition coefficient (Wildman–Crippen LogP) is 3.72. The van der Waals surface area contributed by atoms with Crippen LogP contribution >= 0.6 is 0 Å². The van der Waals surface area contributed by atoms with E-state index >= 15 is 0 Å². The minimum Gasteiger partial charge on any atom is -0.493 e. The Morgan fingerprint density at radius 1 is 1.13 bits per heavy atom. The first-order valence-corrected chi connectivity index (χ1v) is 10.3. The Kier molecular flexibility index (Phi) is 5.41. The number of piperidine rings is 1. The second-order valence-corrected chi connectivity index (χ2v) is 8.16. The van der Waals surface area contributed by atoms with Gasteiger partial charge in [-0.05, 0) is 43.2 Å². The monoisotopic (exact) mass is 409 g/mol. The van der Waals surface area contributed by atoms with Gasteiger partial charge >= 0.3 is 0 Å². The van der Waals surface area contributed by atoms with Crippen molar-refractivity contribution in [2.24, 2.45) is 0 Å². The van der Waals surface area contributed by atoms with E-state index in [1.54, 1.807) is 24.1 Å². The maximum Gasteiger partial charge on any atom is 0.260 e. The van der Waals surface area contributed by atoms with Crippen molar-refractivity contribution >= 4 is 11.7 Å². The fraction of sp³-hybridized carbons (Fsp3) is 0.417. The number of carbonyl (C=O) groups is 2. The van der Waals surface area contributed by atoms with Gasteiger partial charge in [-0.1, -0.05) is 18.2 Å². The average Bonchev–Trinajstić information content (AvgIpc) is 2.71. The number of amides is 1. The number of carbonyl (C=O) groups excluding carboxylic acids is 2. The molecule has 0 saturated carbocycles. The van der Waals surface area contributed by atoms with Gasteiger partial charge in [0.25, 0.3) is 5.91 Å². The number of fused-ring (bicyclic) bond motifs is 1. The molecule has 158 valence electrons. The van der Waals surface area contributed by atoms with E-state index in [-0.39, 0.29) is 18.3 Å². The fourth-order valence-electron chi connectivity index (χ4n) is 4.43. The summed E-state index contributed by atoms with van der Waals surface area (Å²) in [5.74, 6) is 1.88. The van der Waals surface area contributed by atoms with E-state index in [1.165, 1.54) is 0 Å². The van der Waals surface area contributed by atoms with Gasteiger partial charge in [0.2, 0.25) is 0 Å². The molecule has 0 bridgehead atoms. The van der Waals surface area contributed by atoms with E-state index in [2.05, 4.69) is 0 Å². The van der Waals surface area contributed by atoms with Crippen LogP contribution in [0.2, 0.25) is 0 Å². The smallest absolute Gasteiger partial charge is 0.260 e. The number of hydrogen-bond acceptors (Lipinski definition) is 5. The lowest BCUT2D eigenvalue weighted by Crippen LogP contribution is -2.53. The van der Waals surface area contributed by atoms with Crippen LogP contribution in [0.1, 0.15) is 40.7 Å². The molecule has 0 unspecified atom stereocenters. The standard InChI is InChI=1S/C24H27NO5/c1-16-12-17(2)23-18(26)14-24(30-21(23)13-16)8-10-25(11-9-24)22(27)15-29-20-7-5-4-6-19(20)28-3/h4-7,12-13H,8-11,14-15H2,1-3H3. The number of methoxy groups -OCH3 is 1. The Morgan fingerprint density at radius 3 is 2.53 bits per heavy atom. The first-order chi connectivity index (χ1) is 14.4. The van der Waals surface area contributed by atoms with E-state index in [4.69, 9.17) is 14.2 Å². The molecule has 0 aromatic heterocycles. The Bertz CT molecular complexity index is 976. The van der Waals surface area contributed by atoms with Crippen molar-refractivity contribution in [3.8, 4) is 17.2 Å². The van der Waals surface area contributed by atoms with Gasteiger partial charge in [0.1, 0.15) is 11.4 Å². The van der Waals surface area contributed by atoms with Crippen LogP contribution in [-0.4, -0.2) is 49.0 Å². The van der Waals surface area contributed by atoms with Crippen molar-refractivity contribution in [2.45, 2.75) is 38.7 Å². The average molecular weight is 409 g/mol. The molecule has 1 amide bonds. The Labute approximate surface area is 176 Å². The summed E-state index contributed by atoms with van der Waals surface area (Å²) in [6, 6.07) is 11.2. The van der Waals surface area contributed by atoms with Crippen LogP contribution in [-0.2, 0) is 4.79 Å². The molecule has 6 heteroatoms. The van der Waals surface area contributed by atoms with Gasteiger partial charge < -0.3 is 19.1 Å². The van der Waals surface area contributed by atoms with Crippen LogP contribution < -0.4 is 14.2 Å². The topological polar surface area (TPSA) is 65.1 Å². The van der Waals surface area contributed by atoms with Gasteiger partial charge in [0.15, 0.2) is 23.9 Å². The van der Waals surface area contributed by atoms with Gasteiger partial charge in [-0.2, -0.15) is 0 Å². The predicted molar refractivity (Wildman–Crippen MR) is 113 cm³/mol. The molecular formula is C24H27NO5. The Hall–Kier alpha value is -3.02. The van der Waals surface area contributed by atoms with Crippen LogP contribution in [0.25, 0.3) is 0 Å². The molecule has 2 heterocycles. The third-order valence-electron chi connectivity index (χ3n) is 5.98. The molecule has 1 saturated heterocycles. The maximum absolute atomic E-state index is 12.8. The molecule has 2 aromatic carbocycles. The van der Waals surface area contributed by atoms with Crippen LogP contribution in [0, 0.1) is 13.8 Å². The van der Waals surface area contributed by atoms with Gasteiger partial charge in [-0.15, -0.1) is 0 Å². The molecule has 6 nitrogen and oxygen atoms in total. The SMILES string of the molecule is COc1ccccc1OCC(=O)N1CCC2(CC1)CC(=O)c1c(C)cc(C)cc1O2. The first kappa shape index (κ1) is 20.3. The van der Waals surface area contributed by atoms with E-state index in [9.17, 15) is 9.59 Å². The number of nitrogens with zero attached hydrogens (tertiary/aromatic N) is 1. The third-order valence-corrected chi connectivity index (χ3v) is 5.98. The third kappa shape index (κ3) is 3.86. The summed E-state index contributed by atoms with van der Waals surface area (Å²) in [5.41, 5.74) is 2.23. The lowest BCUT2D eigenvalue weighted by molar-refractivity contribution is -0.136. The van der Waals surface area contributed by atoms with Gasteiger partial charge in [-0.25, -0.2) is 0 Å². The molecule has 0 N–H and O–H groups in total. The maximum atomic E-state index is 12.8. The summed E-state index contributed by atoms with van der Waals surface area (Å²) in [6.07, 6.45) is 1.63. The largest absolute Gasteiger partial charge is 0.493 e. The van der Waals surface area contributed by atoms with E-state index in [1.807, 2.05) is 38.1 Å². The molecule has 0 radical (unpaired) electrons. The number of hydrogen-bond donors (Lipinski definition) is 0. The van der Waals surface area contributed by atoms with Crippen LogP contribution in [0.4, 0.5) is 0 Å². The van der Waals surface area contributed by atoms with Crippen molar-refractivity contribution in [3.05, 3.63) is 53.1 Å². The van der Waals surface area contributed by atoms with Gasteiger partial charge in [0.05, 0.1) is 19.1 Å². The zero-order chi connectivity index (χ0) is 21.3. The quantitative estimate of drug-likeness (QED) is 0.770. The summed E-state index contributed by atoms with van der Waals surface area (Å²) in [4.78, 5) is 27.3. The summed E-state index contributed by atoms with van der Waals surface area (Å²) >= 11 is 0. The molecule has 0 aliphatic carbocycles. The number of para-hydroxylation sites is 2. The van der Waals surface area contributed by atoms with Crippen LogP contribution in [0.15, 0.2) is 36.4 Å². The highest BCUT2D eigenvalue weighted by atomic mass is 16.5. The summed E-state index contributed by atoms with van der Waals surface area (Å²) < 4.78 is 17.3. The van der Waals surface area contributed by atoms with E-state index < -0.39 is 5.60 Å². The van der Waals surface area contributed by atoms with Crippen molar-refractivity contribution in [1.29, 1.82) is 0 Å². The summed E-state index contributed by atoms with van der Waals surface area (Å²) in [5, 5.41) is 0. The molecule has 2 aromatic rings. The number of ether oxygens (including phenoxy) is 3. The second kappa shape index (κ2) is 8.01. The number of Topliss-reactive ketones (excluding diaryl/α,β-unsaturated/α-hetero) is 1. The second-order valence-electron chi connectivity index (χ2n) is 8.16. The fourth-order valence-corrected chi connectivity index (χ4v) is 4.43. The molecule has 1 fully saturated rings. The van der Waals surface area contributed by atoms with Crippen molar-refractivity contribution < 1.29 is 23.8 Å². The number of rotatable bonds is 4. The number of aryl methyl sites for hydroxylation is 2. The summed E-state index contributed by atoms with van der Waals surface area (Å²) in [7, 11) is 1.57. The summed E-state index contributed by atoms with van der Waals surface area (Å²) in [6.45, 7) is 5.00. The number of benzene rings is 2. The number of ketones is 1. The van der Waals surface area contributed by atoms with Crippen LogP contribution in [0.5, 0.6) is 17.2 Å². The normalized spacial score (nSPS) is 17.3. The molecule has 4 rings (SSSR count). The Morgan fingerprint density at radius 2 is 1.83 bits per heavy atom. The van der Waals surface area contributed by atoms with E-state index in [0.717, 1.165) is 11.1 Å². The molecule has 30 heavy (non-hydrogen) atoms. The molecule has 1 spiro atoms. The van der Waals surface area contributed by atoms with Gasteiger partial charge in [0, 0.05) is 25.9 Å². The minimum absolute atomic E-state index is 0.0472. The zero-order valence-corrected chi connectivity index (χ0v) is 17.7. The molecule has 0 atom stereocenters. The van der Waals surface area contributed by atoms with Crippen LogP contribution in [0.3, 0.4) is 0 Å². The minimum atomic E-state index is -0.523. The highest BCUT2D eigenvalue weighted by molar-refractivity contribution is 6.01. The molecular weight excluding hydrogens is 382 g/mol. The lowest BCUT2D eigenvalue weighted by atomic mass is 9.81. The molecule has 2 aliphatic heterocycles. The first-order valence-electron chi connectivity index (χ1n) is 10.3. The van der Waals surface area contributed by atoms with E-state index in [0.29, 0.717) is 55.2 Å². The highest BCUT2D eigenvalue weighted by Crippen LogP contribution is 2.41. The van der Waals surface area contributed by atoms with Crippen molar-refractivity contribution in [2.75, 3.05) is 26.8 Å². The highest BCUT2D eigenvalue weighted by Gasteiger charge is 2.44. The lowest BCUT2D eigenvalue weighted by Gasteiger charge is -2.44. The molecule has 2 aliphatic rings. The van der Waals surface area contributed by atoms with Crippen molar-refractivity contribution in [3.63, 3.8) is 0 Å². The Balaban J connectivity index is 1.39. The van der Waals surface area contributed by atoms with Gasteiger partial charge in [-0.3, -0.25) is 9.59 Å². The zero-order valence-electron chi connectivity index (χ0n) is 17.7.